The van der Waals surface area contributed by atoms with Crippen molar-refractivity contribution >= 4 is 22.9 Å². The number of nitrogens with zero attached hydrogens (tertiary/aromatic N) is 1. The maximum Gasteiger partial charge on any atom is 0.226 e. The number of carbonyl (C=O) groups excluding carboxylic acids is 1. The van der Waals surface area contributed by atoms with Crippen LogP contribution in [-0.4, -0.2) is 16.9 Å². The number of benzene rings is 1. The molecule has 1 aromatic carbocycles. The second-order valence-corrected chi connectivity index (χ2v) is 5.68. The van der Waals surface area contributed by atoms with Gasteiger partial charge in [0, 0.05) is 22.7 Å². The summed E-state index contributed by atoms with van der Waals surface area (Å²) >= 11 is 1.54. The highest BCUT2D eigenvalue weighted by Crippen LogP contribution is 2.24. The number of rotatable bonds is 5. The predicted molar refractivity (Wildman–Crippen MR) is 83.6 cm³/mol. The highest BCUT2D eigenvalue weighted by Gasteiger charge is 2.10. The quantitative estimate of drug-likeness (QED) is 0.832. The number of nitrogens with one attached hydrogen (secondary N) is 1. The molecule has 1 amide bonds. The zero-order valence-electron chi connectivity index (χ0n) is 11.7. The lowest BCUT2D eigenvalue weighted by molar-refractivity contribution is -0.121. The van der Waals surface area contributed by atoms with E-state index in [1.54, 1.807) is 11.3 Å². The first-order valence-electron chi connectivity index (χ1n) is 6.68. The molecule has 5 heteroatoms. The molecule has 0 fully saturated rings. The van der Waals surface area contributed by atoms with Crippen molar-refractivity contribution in [1.82, 2.24) is 10.3 Å². The number of nitrogen functional groups attached to an aromatic ring is 1. The van der Waals surface area contributed by atoms with E-state index in [9.17, 15) is 4.79 Å². The van der Waals surface area contributed by atoms with Gasteiger partial charge in [-0.25, -0.2) is 4.98 Å². The van der Waals surface area contributed by atoms with E-state index in [0.29, 0.717) is 6.42 Å². The summed E-state index contributed by atoms with van der Waals surface area (Å²) in [5.74, 6) is 0.0218. The molecule has 0 spiro atoms. The SMILES string of the molecule is CCC(C)NC(=O)Cc1csc(-c2ccc(N)cc2)n1. The molecule has 0 aliphatic carbocycles. The van der Waals surface area contributed by atoms with Crippen molar-refractivity contribution in [2.75, 3.05) is 5.73 Å². The molecule has 1 heterocycles. The minimum atomic E-state index is 0.0218. The van der Waals surface area contributed by atoms with Crippen LogP contribution in [0, 0.1) is 0 Å². The highest BCUT2D eigenvalue weighted by molar-refractivity contribution is 7.13. The Kier molecular flexibility index (Phi) is 4.74. The first-order valence-corrected chi connectivity index (χ1v) is 7.56. The lowest BCUT2D eigenvalue weighted by Crippen LogP contribution is -2.33. The molecule has 0 saturated carbocycles. The van der Waals surface area contributed by atoms with Crippen molar-refractivity contribution in [3.8, 4) is 10.6 Å². The van der Waals surface area contributed by atoms with E-state index < -0.39 is 0 Å². The fraction of sp³-hybridized carbons (Fsp3) is 0.333. The van der Waals surface area contributed by atoms with E-state index in [1.165, 1.54) is 0 Å². The van der Waals surface area contributed by atoms with Gasteiger partial charge in [-0.15, -0.1) is 11.3 Å². The van der Waals surface area contributed by atoms with Crippen LogP contribution in [0.25, 0.3) is 10.6 Å². The monoisotopic (exact) mass is 289 g/mol. The molecule has 0 saturated heterocycles. The van der Waals surface area contributed by atoms with Crippen LogP contribution in [-0.2, 0) is 11.2 Å². The minimum absolute atomic E-state index is 0.0218. The maximum atomic E-state index is 11.8. The number of hydrogen-bond donors (Lipinski definition) is 2. The summed E-state index contributed by atoms with van der Waals surface area (Å²) in [6.07, 6.45) is 1.26. The number of anilines is 1. The fourth-order valence-electron chi connectivity index (χ4n) is 1.74. The average molecular weight is 289 g/mol. The van der Waals surface area contributed by atoms with Crippen LogP contribution in [0.5, 0.6) is 0 Å². The predicted octanol–water partition coefficient (Wildman–Crippen LogP) is 2.85. The Hall–Kier alpha value is -1.88. The molecule has 1 atom stereocenters. The first-order chi connectivity index (χ1) is 9.58. The summed E-state index contributed by atoms with van der Waals surface area (Å²) in [7, 11) is 0. The van der Waals surface area contributed by atoms with Gasteiger partial charge >= 0.3 is 0 Å². The number of aromatic nitrogens is 1. The van der Waals surface area contributed by atoms with Gasteiger partial charge in [0.15, 0.2) is 0 Å². The normalized spacial score (nSPS) is 12.1. The van der Waals surface area contributed by atoms with Crippen molar-refractivity contribution in [3.05, 3.63) is 35.3 Å². The van der Waals surface area contributed by atoms with E-state index in [-0.39, 0.29) is 11.9 Å². The largest absolute Gasteiger partial charge is 0.399 e. The summed E-state index contributed by atoms with van der Waals surface area (Å²) in [6, 6.07) is 7.80. The van der Waals surface area contributed by atoms with Gasteiger partial charge in [0.25, 0.3) is 0 Å². The van der Waals surface area contributed by atoms with Crippen LogP contribution in [0.2, 0.25) is 0 Å². The number of thiazole rings is 1. The molecule has 3 N–H and O–H groups in total. The van der Waals surface area contributed by atoms with Crippen molar-refractivity contribution < 1.29 is 4.79 Å². The Morgan fingerprint density at radius 1 is 1.40 bits per heavy atom. The number of hydrogen-bond acceptors (Lipinski definition) is 4. The molecular formula is C15H19N3OS. The summed E-state index contributed by atoms with van der Waals surface area (Å²) in [5.41, 5.74) is 8.23. The summed E-state index contributed by atoms with van der Waals surface area (Å²) in [5, 5.41) is 5.79. The van der Waals surface area contributed by atoms with Crippen LogP contribution in [0.4, 0.5) is 5.69 Å². The van der Waals surface area contributed by atoms with Crippen molar-refractivity contribution in [2.45, 2.75) is 32.7 Å². The van der Waals surface area contributed by atoms with Gasteiger partial charge in [0.05, 0.1) is 12.1 Å². The number of carbonyl (C=O) groups is 1. The van der Waals surface area contributed by atoms with Crippen molar-refractivity contribution in [2.24, 2.45) is 0 Å². The minimum Gasteiger partial charge on any atom is -0.399 e. The smallest absolute Gasteiger partial charge is 0.226 e. The van der Waals surface area contributed by atoms with Gasteiger partial charge in [-0.2, -0.15) is 0 Å². The molecule has 1 aromatic heterocycles. The fourth-order valence-corrected chi connectivity index (χ4v) is 2.56. The third-order valence-electron chi connectivity index (χ3n) is 3.07. The van der Waals surface area contributed by atoms with Crippen LogP contribution in [0.1, 0.15) is 26.0 Å². The highest BCUT2D eigenvalue weighted by atomic mass is 32.1. The van der Waals surface area contributed by atoms with E-state index in [0.717, 1.165) is 28.4 Å². The van der Waals surface area contributed by atoms with Gasteiger partial charge in [-0.05, 0) is 37.6 Å². The molecule has 0 radical (unpaired) electrons. The Morgan fingerprint density at radius 2 is 2.10 bits per heavy atom. The van der Waals surface area contributed by atoms with Gasteiger partial charge < -0.3 is 11.1 Å². The van der Waals surface area contributed by atoms with Gasteiger partial charge in [-0.3, -0.25) is 4.79 Å². The van der Waals surface area contributed by atoms with Gasteiger partial charge in [-0.1, -0.05) is 6.92 Å². The Labute approximate surface area is 123 Å². The van der Waals surface area contributed by atoms with Crippen molar-refractivity contribution in [3.63, 3.8) is 0 Å². The topological polar surface area (TPSA) is 68.0 Å². The Balaban J connectivity index is 2.02. The average Bonchev–Trinajstić information content (AvgIpc) is 2.87. The second kappa shape index (κ2) is 6.52. The van der Waals surface area contributed by atoms with Crippen LogP contribution in [0.15, 0.2) is 29.6 Å². The first kappa shape index (κ1) is 14.5. The van der Waals surface area contributed by atoms with Gasteiger partial charge in [0.1, 0.15) is 5.01 Å². The zero-order chi connectivity index (χ0) is 14.5. The van der Waals surface area contributed by atoms with E-state index in [4.69, 9.17) is 5.73 Å². The third-order valence-corrected chi connectivity index (χ3v) is 4.01. The summed E-state index contributed by atoms with van der Waals surface area (Å²) in [6.45, 7) is 4.05. The number of amides is 1. The van der Waals surface area contributed by atoms with Crippen molar-refractivity contribution in [1.29, 1.82) is 0 Å². The number of nitrogens with two attached hydrogens (primary N) is 1. The van der Waals surface area contributed by atoms with E-state index in [2.05, 4.69) is 10.3 Å². The Bertz CT molecular complexity index is 577. The molecule has 4 nitrogen and oxygen atoms in total. The molecule has 1 unspecified atom stereocenters. The third kappa shape index (κ3) is 3.81. The van der Waals surface area contributed by atoms with E-state index >= 15 is 0 Å². The van der Waals surface area contributed by atoms with Gasteiger partial charge in [0.2, 0.25) is 5.91 Å². The van der Waals surface area contributed by atoms with Crippen LogP contribution in [0.3, 0.4) is 0 Å². The summed E-state index contributed by atoms with van der Waals surface area (Å²) in [4.78, 5) is 16.3. The summed E-state index contributed by atoms with van der Waals surface area (Å²) < 4.78 is 0. The zero-order valence-corrected chi connectivity index (χ0v) is 12.5. The molecule has 2 rings (SSSR count). The molecule has 2 aromatic rings. The molecule has 0 aliphatic rings. The second-order valence-electron chi connectivity index (χ2n) is 4.82. The van der Waals surface area contributed by atoms with E-state index in [1.807, 2.05) is 43.5 Å². The molecule has 106 valence electrons. The maximum absolute atomic E-state index is 11.8. The van der Waals surface area contributed by atoms with Crippen LogP contribution >= 0.6 is 11.3 Å². The lowest BCUT2D eigenvalue weighted by atomic mass is 10.2. The molecular weight excluding hydrogens is 270 g/mol. The Morgan fingerprint density at radius 3 is 2.75 bits per heavy atom. The molecule has 0 bridgehead atoms. The molecule has 0 aliphatic heterocycles. The molecule has 20 heavy (non-hydrogen) atoms. The lowest BCUT2D eigenvalue weighted by Gasteiger charge is -2.10. The standard InChI is InChI=1S/C15H19N3OS/c1-3-10(2)17-14(19)8-13-9-20-15(18-13)11-4-6-12(16)7-5-11/h4-7,9-10H,3,8,16H2,1-2H3,(H,17,19). The van der Waals surface area contributed by atoms with Crippen LogP contribution < -0.4 is 11.1 Å².